The molecule has 1 atom stereocenters. The average molecular weight is 354 g/mol. The summed E-state index contributed by atoms with van der Waals surface area (Å²) in [5.41, 5.74) is 4.00. The molecule has 0 fully saturated rings. The number of benzene rings is 2. The Hall–Kier alpha value is -0.566. The molecule has 1 aliphatic carbocycles. The number of fused-ring (bicyclic) bond motifs is 1. The number of hydrogen-bond acceptors (Lipinski definition) is 1. The van der Waals surface area contributed by atoms with E-state index in [9.17, 15) is 0 Å². The van der Waals surface area contributed by atoms with Gasteiger partial charge in [0.2, 0.25) is 0 Å². The smallest absolute Gasteiger partial charge is 1.00 e. The van der Waals surface area contributed by atoms with Crippen molar-refractivity contribution in [3.8, 4) is 0 Å². The first kappa shape index (κ1) is 18.5. The van der Waals surface area contributed by atoms with Gasteiger partial charge in [-0.1, -0.05) is 0 Å². The average Bonchev–Trinajstić information content (AvgIpc) is 2.99. The van der Waals surface area contributed by atoms with Crippen LogP contribution in [0, 0.1) is 0 Å². The number of rotatable bonds is 3. The summed E-state index contributed by atoms with van der Waals surface area (Å²) in [6, 6.07) is 13.0. The summed E-state index contributed by atoms with van der Waals surface area (Å²) < 4.78 is 5.60. The van der Waals surface area contributed by atoms with Gasteiger partial charge in [-0.15, -0.1) is 0 Å². The van der Waals surface area contributed by atoms with E-state index in [0.717, 1.165) is 6.42 Å². The minimum Gasteiger partial charge on any atom is -1.00 e. The monoisotopic (exact) mass is 353 g/mol. The van der Waals surface area contributed by atoms with E-state index in [1.54, 1.807) is 20.8 Å². The molecule has 0 aromatic heterocycles. The first-order valence-corrected chi connectivity index (χ1v) is 7.15. The zero-order chi connectivity index (χ0) is 13.2. The van der Waals surface area contributed by atoms with Crippen molar-refractivity contribution in [3.05, 3.63) is 65.8 Å². The Labute approximate surface area is 150 Å². The van der Waals surface area contributed by atoms with Crippen LogP contribution in [0.2, 0.25) is 0 Å². The van der Waals surface area contributed by atoms with Gasteiger partial charge >= 0.3 is 126 Å². The van der Waals surface area contributed by atoms with Gasteiger partial charge in [-0.3, -0.25) is 0 Å². The molecule has 107 valence electrons. The van der Waals surface area contributed by atoms with E-state index in [-0.39, 0.29) is 30.9 Å². The van der Waals surface area contributed by atoms with Crippen molar-refractivity contribution in [2.45, 2.75) is 19.4 Å². The van der Waals surface area contributed by atoms with E-state index in [2.05, 4.69) is 61.5 Å². The molecule has 21 heavy (non-hydrogen) atoms. The van der Waals surface area contributed by atoms with Crippen LogP contribution in [0.5, 0.6) is 0 Å². The molecule has 3 rings (SSSR count). The molecule has 1 aliphatic rings. The molecule has 0 spiro atoms. The molecule has 2 aromatic rings. The molecule has 0 saturated carbocycles. The fraction of sp³-hybridized carbons (Fsp3) is 0.176. The van der Waals surface area contributed by atoms with Crippen LogP contribution in [-0.2, 0) is 24.1 Å². The molecule has 2 aromatic carbocycles. The van der Waals surface area contributed by atoms with Crippen molar-refractivity contribution in [3.63, 3.8) is 0 Å². The van der Waals surface area contributed by atoms with Crippen LogP contribution in [0.25, 0.3) is 16.3 Å². The quantitative estimate of drug-likeness (QED) is 0.625. The van der Waals surface area contributed by atoms with Crippen molar-refractivity contribution < 1.29 is 49.0 Å². The predicted molar refractivity (Wildman–Crippen MR) is 75.2 cm³/mol. The largest absolute Gasteiger partial charge is 1.00 e. The summed E-state index contributed by atoms with van der Waals surface area (Å²) in [4.78, 5) is 0. The third kappa shape index (κ3) is 3.61. The van der Waals surface area contributed by atoms with E-state index < -0.39 is 0 Å². The van der Waals surface area contributed by atoms with Crippen LogP contribution in [0.3, 0.4) is 0 Å². The van der Waals surface area contributed by atoms with Gasteiger partial charge in [-0.2, -0.15) is 0 Å². The van der Waals surface area contributed by atoms with E-state index in [1.165, 1.54) is 27.5 Å². The van der Waals surface area contributed by atoms with E-state index in [4.69, 9.17) is 3.32 Å². The first-order chi connectivity index (χ1) is 9.31. The molecular weight excluding hydrogens is 339 g/mol. The van der Waals surface area contributed by atoms with Crippen molar-refractivity contribution in [1.29, 1.82) is 0 Å². The Kier molecular flexibility index (Phi) is 7.19. The van der Waals surface area contributed by atoms with Crippen molar-refractivity contribution in [1.82, 2.24) is 0 Å². The SMILES string of the molecule is CC([O][Ti+2])c1c(C2=CC=CC2)ccc2ccccc12.[Cl-].[Cl-]. The van der Waals surface area contributed by atoms with Crippen LogP contribution in [0.4, 0.5) is 0 Å². The van der Waals surface area contributed by atoms with Crippen molar-refractivity contribution >= 4 is 16.3 Å². The molecule has 0 radical (unpaired) electrons. The van der Waals surface area contributed by atoms with Gasteiger partial charge < -0.3 is 24.8 Å². The Morgan fingerprint density at radius 2 is 1.86 bits per heavy atom. The Bertz CT molecular complexity index is 680. The van der Waals surface area contributed by atoms with E-state index in [0.29, 0.717) is 0 Å². The van der Waals surface area contributed by atoms with Gasteiger partial charge in [0.25, 0.3) is 0 Å². The molecular formula is C17H15Cl2OTi. The summed E-state index contributed by atoms with van der Waals surface area (Å²) in [6.07, 6.45) is 7.65. The maximum absolute atomic E-state index is 5.60. The number of halogens is 2. The second-order valence-electron chi connectivity index (χ2n) is 4.83. The topological polar surface area (TPSA) is 9.23 Å². The fourth-order valence-corrected chi connectivity index (χ4v) is 2.90. The second-order valence-corrected chi connectivity index (χ2v) is 5.20. The third-order valence-corrected chi connectivity index (χ3v) is 4.22. The molecule has 0 aliphatic heterocycles. The maximum Gasteiger partial charge on any atom is -1.00 e. The van der Waals surface area contributed by atoms with Crippen LogP contribution < -0.4 is 24.8 Å². The zero-order valence-corrected chi connectivity index (χ0v) is 14.7. The molecule has 4 heteroatoms. The van der Waals surface area contributed by atoms with Gasteiger partial charge in [0.15, 0.2) is 0 Å². The van der Waals surface area contributed by atoms with E-state index in [1.807, 2.05) is 0 Å². The summed E-state index contributed by atoms with van der Waals surface area (Å²) in [5.74, 6) is 0. The normalized spacial score (nSPS) is 14.3. The summed E-state index contributed by atoms with van der Waals surface area (Å²) in [5, 5.41) is 2.57. The summed E-state index contributed by atoms with van der Waals surface area (Å²) >= 11 is 1.78. The minimum atomic E-state index is 0. The minimum absolute atomic E-state index is 0. The van der Waals surface area contributed by atoms with Gasteiger partial charge in [0.05, 0.1) is 0 Å². The maximum atomic E-state index is 5.60. The van der Waals surface area contributed by atoms with Crippen LogP contribution in [0.1, 0.15) is 30.6 Å². The predicted octanol–water partition coefficient (Wildman–Crippen LogP) is -1.27. The molecule has 1 nitrogen and oxygen atoms in total. The van der Waals surface area contributed by atoms with Crippen LogP contribution >= 0.6 is 0 Å². The molecule has 0 saturated heterocycles. The Morgan fingerprint density at radius 1 is 1.10 bits per heavy atom. The van der Waals surface area contributed by atoms with E-state index >= 15 is 0 Å². The van der Waals surface area contributed by atoms with Crippen molar-refractivity contribution in [2.75, 3.05) is 0 Å². The molecule has 0 N–H and O–H groups in total. The Morgan fingerprint density at radius 3 is 2.52 bits per heavy atom. The molecule has 1 unspecified atom stereocenters. The Balaban J connectivity index is 0.00000110. The first-order valence-electron chi connectivity index (χ1n) is 6.51. The van der Waals surface area contributed by atoms with Crippen LogP contribution in [0.15, 0.2) is 54.6 Å². The number of allylic oxidation sites excluding steroid dienone is 4. The van der Waals surface area contributed by atoms with Gasteiger partial charge in [0, 0.05) is 0 Å². The fourth-order valence-electron chi connectivity index (χ4n) is 2.72. The summed E-state index contributed by atoms with van der Waals surface area (Å²) in [7, 11) is 0. The number of hydrogen-bond donors (Lipinski definition) is 0. The summed E-state index contributed by atoms with van der Waals surface area (Å²) in [6.45, 7) is 2.12. The third-order valence-electron chi connectivity index (χ3n) is 3.67. The van der Waals surface area contributed by atoms with Crippen LogP contribution in [-0.4, -0.2) is 0 Å². The standard InChI is InChI=1S/C17H15O.2ClH.Ti/c1-12(18)17-15-9-5-4-8-14(15)10-11-16(17)13-6-2-3-7-13;;;/h2-6,8-12H,7H2,1H3;2*1H;/q-1;;;+3/p-2. The van der Waals surface area contributed by atoms with Gasteiger partial charge in [-0.25, -0.2) is 0 Å². The molecule has 0 bridgehead atoms. The second kappa shape index (κ2) is 8.17. The van der Waals surface area contributed by atoms with Crippen molar-refractivity contribution in [2.24, 2.45) is 0 Å². The van der Waals surface area contributed by atoms with Gasteiger partial charge in [0.1, 0.15) is 0 Å². The van der Waals surface area contributed by atoms with Gasteiger partial charge in [-0.05, 0) is 0 Å². The molecule has 0 amide bonds. The molecule has 0 heterocycles. The zero-order valence-electron chi connectivity index (χ0n) is 11.6.